The van der Waals surface area contributed by atoms with Crippen molar-refractivity contribution in [1.82, 2.24) is 9.80 Å². The highest BCUT2D eigenvalue weighted by molar-refractivity contribution is 7.92. The topological polar surface area (TPSA) is 137 Å². The summed E-state index contributed by atoms with van der Waals surface area (Å²) in [6.07, 6.45) is -1.23. The van der Waals surface area contributed by atoms with Gasteiger partial charge in [0.2, 0.25) is 0 Å². The predicted molar refractivity (Wildman–Crippen MR) is 102 cm³/mol. The van der Waals surface area contributed by atoms with E-state index < -0.39 is 69.6 Å². The van der Waals surface area contributed by atoms with E-state index in [1.165, 1.54) is 14.2 Å². The van der Waals surface area contributed by atoms with Gasteiger partial charge in [0.15, 0.2) is 21.3 Å². The lowest BCUT2D eigenvalue weighted by atomic mass is 10.0. The Kier molecular flexibility index (Phi) is 6.62. The number of sulfone groups is 1. The molecule has 0 spiro atoms. The number of hydrogen-bond donors (Lipinski definition) is 0. The number of amides is 2. The first-order valence-electron chi connectivity index (χ1n) is 9.09. The van der Waals surface area contributed by atoms with Crippen LogP contribution < -0.4 is 0 Å². The number of ether oxygens (including phenoxy) is 3. The lowest BCUT2D eigenvalue weighted by Gasteiger charge is -2.49. The Labute approximate surface area is 174 Å². The highest BCUT2D eigenvalue weighted by Gasteiger charge is 2.60. The first-order valence-corrected chi connectivity index (χ1v) is 10.8. The Bertz CT molecular complexity index is 901. The van der Waals surface area contributed by atoms with Crippen LogP contribution in [0.5, 0.6) is 0 Å². The van der Waals surface area contributed by atoms with E-state index in [0.717, 1.165) is 16.7 Å². The highest BCUT2D eigenvalue weighted by Crippen LogP contribution is 2.38. The van der Waals surface area contributed by atoms with Gasteiger partial charge < -0.3 is 19.1 Å². The highest BCUT2D eigenvalue weighted by atomic mass is 32.2. The fourth-order valence-corrected chi connectivity index (χ4v) is 5.19. The van der Waals surface area contributed by atoms with Crippen molar-refractivity contribution in [3.8, 4) is 0 Å². The number of hydrogen-bond acceptors (Lipinski definition) is 9. The summed E-state index contributed by atoms with van der Waals surface area (Å²) in [5, 5.41) is -1.36. The molecule has 0 aromatic rings. The summed E-state index contributed by atoms with van der Waals surface area (Å²) >= 11 is 0. The lowest BCUT2D eigenvalue weighted by molar-refractivity contribution is -0.162. The summed E-state index contributed by atoms with van der Waals surface area (Å²) in [6, 6.07) is 0. The molecule has 2 amide bonds. The van der Waals surface area contributed by atoms with Gasteiger partial charge in [-0.1, -0.05) is 0 Å². The number of likely N-dealkylation sites (N-methyl/N-ethyl adjacent to an activating group) is 1. The maximum absolute atomic E-state index is 13.1. The van der Waals surface area contributed by atoms with Crippen molar-refractivity contribution in [2.75, 3.05) is 33.1 Å². The SMILES string of the molecule is CO[C@H]1C(=O)N2C(C(=O)N(C)CC(=O)OC(C)(C)C)=C(COC(C)=O)CS(=O)(=O)[C@H]12. The maximum atomic E-state index is 13.1. The summed E-state index contributed by atoms with van der Waals surface area (Å²) < 4.78 is 40.3. The van der Waals surface area contributed by atoms with Crippen molar-refractivity contribution >= 4 is 33.6 Å². The third kappa shape index (κ3) is 4.81. The van der Waals surface area contributed by atoms with Crippen LogP contribution in [0.2, 0.25) is 0 Å². The van der Waals surface area contributed by atoms with Crippen LogP contribution >= 0.6 is 0 Å². The van der Waals surface area contributed by atoms with Gasteiger partial charge >= 0.3 is 11.9 Å². The Morgan fingerprint density at radius 1 is 1.23 bits per heavy atom. The fraction of sp³-hybridized carbons (Fsp3) is 0.667. The van der Waals surface area contributed by atoms with Crippen molar-refractivity contribution in [2.45, 2.75) is 44.8 Å². The molecule has 2 rings (SSSR count). The van der Waals surface area contributed by atoms with Crippen molar-refractivity contribution in [3.05, 3.63) is 11.3 Å². The van der Waals surface area contributed by atoms with Gasteiger partial charge in [0.05, 0.1) is 5.75 Å². The maximum Gasteiger partial charge on any atom is 0.326 e. The number of rotatable bonds is 6. The Morgan fingerprint density at radius 3 is 2.33 bits per heavy atom. The molecule has 0 radical (unpaired) electrons. The van der Waals surface area contributed by atoms with E-state index in [2.05, 4.69) is 0 Å². The van der Waals surface area contributed by atoms with Gasteiger partial charge in [-0.25, -0.2) is 8.42 Å². The monoisotopic (exact) mass is 446 g/mol. The molecule has 2 aliphatic heterocycles. The first-order chi connectivity index (χ1) is 13.7. The van der Waals surface area contributed by atoms with Gasteiger partial charge in [-0.05, 0) is 20.8 Å². The molecule has 0 bridgehead atoms. The number of β-lactam (4-membered cyclic amide) rings is 1. The van der Waals surface area contributed by atoms with E-state index in [4.69, 9.17) is 14.2 Å². The fourth-order valence-electron chi connectivity index (χ4n) is 3.18. The second kappa shape index (κ2) is 8.34. The van der Waals surface area contributed by atoms with E-state index in [9.17, 15) is 27.6 Å². The summed E-state index contributed by atoms with van der Waals surface area (Å²) in [6.45, 7) is 5.25. The molecule has 30 heavy (non-hydrogen) atoms. The van der Waals surface area contributed by atoms with Gasteiger partial charge in [0, 0.05) is 26.7 Å². The minimum absolute atomic E-state index is 0.0506. The van der Waals surface area contributed by atoms with E-state index in [1.54, 1.807) is 20.8 Å². The number of carbonyl (C=O) groups excluding carboxylic acids is 4. The first kappa shape index (κ1) is 23.8. The quantitative estimate of drug-likeness (QED) is 0.380. The minimum atomic E-state index is -3.89. The average Bonchev–Trinajstić information content (AvgIpc) is 2.57. The molecular formula is C18H26N2O9S. The predicted octanol–water partition coefficient (Wildman–Crippen LogP) is -0.785. The molecule has 1 saturated heterocycles. The molecule has 0 aliphatic carbocycles. The van der Waals surface area contributed by atoms with Gasteiger partial charge in [-0.15, -0.1) is 0 Å². The Balaban J connectivity index is 2.39. The van der Waals surface area contributed by atoms with E-state index in [0.29, 0.717) is 0 Å². The van der Waals surface area contributed by atoms with Crippen LogP contribution in [0.15, 0.2) is 11.3 Å². The molecule has 11 nitrogen and oxygen atoms in total. The van der Waals surface area contributed by atoms with Crippen molar-refractivity contribution in [2.24, 2.45) is 0 Å². The van der Waals surface area contributed by atoms with Crippen LogP contribution in [0.25, 0.3) is 0 Å². The minimum Gasteiger partial charge on any atom is -0.461 e. The average molecular weight is 446 g/mol. The van der Waals surface area contributed by atoms with Crippen LogP contribution in [-0.2, 0) is 43.2 Å². The second-order valence-electron chi connectivity index (χ2n) is 8.04. The van der Waals surface area contributed by atoms with Gasteiger partial charge in [0.1, 0.15) is 24.4 Å². The molecule has 0 aromatic heterocycles. The molecule has 0 N–H and O–H groups in total. The molecule has 1 fully saturated rings. The summed E-state index contributed by atoms with van der Waals surface area (Å²) in [4.78, 5) is 50.7. The van der Waals surface area contributed by atoms with Crippen LogP contribution in [0, 0.1) is 0 Å². The number of methoxy groups -OCH3 is 1. The van der Waals surface area contributed by atoms with Crippen LogP contribution in [0.3, 0.4) is 0 Å². The zero-order valence-electron chi connectivity index (χ0n) is 17.8. The molecule has 2 atom stereocenters. The van der Waals surface area contributed by atoms with Crippen molar-refractivity contribution < 1.29 is 41.8 Å². The zero-order chi connectivity index (χ0) is 23.0. The van der Waals surface area contributed by atoms with E-state index in [1.807, 2.05) is 0 Å². The Hall–Kier alpha value is -2.47. The Morgan fingerprint density at radius 2 is 1.83 bits per heavy atom. The van der Waals surface area contributed by atoms with Crippen molar-refractivity contribution in [1.29, 1.82) is 0 Å². The molecule has 0 saturated carbocycles. The van der Waals surface area contributed by atoms with E-state index >= 15 is 0 Å². The number of nitrogens with zero attached hydrogens (tertiary/aromatic N) is 2. The summed E-state index contributed by atoms with van der Waals surface area (Å²) in [7, 11) is -1.37. The molecule has 168 valence electrons. The standard InChI is InChI=1S/C18H26N2O9S/c1-10(21)28-8-11-9-30(25,26)17-14(27-6)16(24)20(17)13(11)15(23)19(5)7-12(22)29-18(2,3)4/h14,17H,7-9H2,1-6H3/t14-,17+/m0/s1. The number of carbonyl (C=O) groups is 4. The zero-order valence-corrected chi connectivity index (χ0v) is 18.6. The van der Waals surface area contributed by atoms with Gasteiger partial charge in [0.25, 0.3) is 11.8 Å². The van der Waals surface area contributed by atoms with Crippen LogP contribution in [0.1, 0.15) is 27.7 Å². The second-order valence-corrected chi connectivity index (χ2v) is 10.1. The summed E-state index contributed by atoms with van der Waals surface area (Å²) in [5.41, 5.74) is -1.05. The third-order valence-electron chi connectivity index (χ3n) is 4.35. The molecule has 12 heteroatoms. The molecule has 2 heterocycles. The lowest BCUT2D eigenvalue weighted by Crippen LogP contribution is -2.71. The van der Waals surface area contributed by atoms with Crippen LogP contribution in [0.4, 0.5) is 0 Å². The smallest absolute Gasteiger partial charge is 0.326 e. The largest absolute Gasteiger partial charge is 0.461 e. The normalized spacial score (nSPS) is 22.7. The molecule has 2 aliphatic rings. The molecular weight excluding hydrogens is 420 g/mol. The number of fused-ring (bicyclic) bond motifs is 1. The van der Waals surface area contributed by atoms with Gasteiger partial charge in [-0.2, -0.15) is 0 Å². The van der Waals surface area contributed by atoms with E-state index in [-0.39, 0.29) is 11.3 Å². The summed E-state index contributed by atoms with van der Waals surface area (Å²) in [5.74, 6) is -3.42. The van der Waals surface area contributed by atoms with Crippen molar-refractivity contribution in [3.63, 3.8) is 0 Å². The van der Waals surface area contributed by atoms with Crippen LogP contribution in [-0.4, -0.2) is 92.1 Å². The van der Waals surface area contributed by atoms with Gasteiger partial charge in [-0.3, -0.25) is 24.1 Å². The molecule has 0 unspecified atom stereocenters. The number of esters is 2. The third-order valence-corrected chi connectivity index (χ3v) is 6.30. The molecule has 0 aromatic carbocycles.